The van der Waals surface area contributed by atoms with Gasteiger partial charge in [0.15, 0.2) is 5.78 Å². The number of hydrogen-bond acceptors (Lipinski definition) is 7. The van der Waals surface area contributed by atoms with Crippen LogP contribution < -0.4 is 4.74 Å². The highest BCUT2D eigenvalue weighted by Gasteiger charge is 2.43. The minimum atomic E-state index is -0.884. The summed E-state index contributed by atoms with van der Waals surface area (Å²) in [5, 5.41) is 0. The van der Waals surface area contributed by atoms with Crippen LogP contribution in [0.4, 0.5) is 0 Å². The molecular formula is C22H27NO7. The molecule has 1 heterocycles. The van der Waals surface area contributed by atoms with E-state index < -0.39 is 17.9 Å². The summed E-state index contributed by atoms with van der Waals surface area (Å²) in [4.78, 5) is 51.1. The number of carbonyl (C=O) groups excluding carboxylic acids is 4. The van der Waals surface area contributed by atoms with E-state index in [4.69, 9.17) is 14.2 Å². The molecule has 2 aliphatic rings. The Hall–Kier alpha value is -2.58. The number of fused-ring (bicyclic) bond motifs is 1. The first kappa shape index (κ1) is 22.1. The molecule has 1 fully saturated rings. The normalized spacial score (nSPS) is 19.6. The smallest absolute Gasteiger partial charge is 0.262 e. The largest absolute Gasteiger partial charge is 0.491 e. The van der Waals surface area contributed by atoms with Crippen molar-refractivity contribution in [2.75, 3.05) is 33.0 Å². The lowest BCUT2D eigenvalue weighted by atomic mass is 9.94. The third-order valence-corrected chi connectivity index (χ3v) is 5.22. The highest BCUT2D eigenvalue weighted by molar-refractivity contribution is 6.23. The molecule has 1 aliphatic heterocycles. The number of amides is 2. The number of ether oxygens (including phenoxy) is 3. The second kappa shape index (κ2) is 10.4. The molecule has 1 unspecified atom stereocenters. The van der Waals surface area contributed by atoms with Gasteiger partial charge in [0, 0.05) is 25.9 Å². The van der Waals surface area contributed by atoms with E-state index in [1.165, 1.54) is 6.07 Å². The van der Waals surface area contributed by atoms with Crippen molar-refractivity contribution in [3.8, 4) is 5.75 Å². The first-order valence-electron chi connectivity index (χ1n) is 10.4. The average Bonchev–Trinajstić information content (AvgIpc) is 2.97. The Kier molecular flexibility index (Phi) is 7.70. The number of hydrogen-bond donors (Lipinski definition) is 0. The molecule has 8 heteroatoms. The van der Waals surface area contributed by atoms with Gasteiger partial charge >= 0.3 is 0 Å². The van der Waals surface area contributed by atoms with Crippen LogP contribution in [0.5, 0.6) is 5.75 Å². The molecule has 0 N–H and O–H groups in total. The monoisotopic (exact) mass is 417 g/mol. The third-order valence-electron chi connectivity index (χ3n) is 5.22. The summed E-state index contributed by atoms with van der Waals surface area (Å²) < 4.78 is 16.2. The highest BCUT2D eigenvalue weighted by atomic mass is 16.5. The van der Waals surface area contributed by atoms with E-state index in [1.54, 1.807) is 12.1 Å². The highest BCUT2D eigenvalue weighted by Crippen LogP contribution is 2.30. The number of nitrogens with zero attached hydrogens (tertiary/aromatic N) is 1. The summed E-state index contributed by atoms with van der Waals surface area (Å²) in [6.45, 7) is 4.21. The lowest BCUT2D eigenvalue weighted by Crippen LogP contribution is -2.45. The summed E-state index contributed by atoms with van der Waals surface area (Å²) in [5.74, 6) is -0.669. The van der Waals surface area contributed by atoms with Crippen LogP contribution in [-0.2, 0) is 19.1 Å². The summed E-state index contributed by atoms with van der Waals surface area (Å²) in [6.07, 6.45) is 1.41. The van der Waals surface area contributed by atoms with Crippen LogP contribution in [0.25, 0.3) is 0 Å². The zero-order valence-electron chi connectivity index (χ0n) is 17.2. The van der Waals surface area contributed by atoms with Crippen molar-refractivity contribution in [2.24, 2.45) is 0 Å². The van der Waals surface area contributed by atoms with Crippen molar-refractivity contribution >= 4 is 23.4 Å². The van der Waals surface area contributed by atoms with Crippen molar-refractivity contribution in [1.82, 2.24) is 4.90 Å². The first-order chi connectivity index (χ1) is 14.5. The number of Topliss-reactive ketones (excluding diaryl/α,β-unsaturated/α-hetero) is 2. The van der Waals surface area contributed by atoms with Crippen LogP contribution in [0.15, 0.2) is 18.2 Å². The molecule has 1 aliphatic carbocycles. The van der Waals surface area contributed by atoms with Crippen LogP contribution >= 0.6 is 0 Å². The Morgan fingerprint density at radius 2 is 1.63 bits per heavy atom. The fraction of sp³-hybridized carbons (Fsp3) is 0.545. The van der Waals surface area contributed by atoms with E-state index in [1.807, 2.05) is 6.92 Å². The molecule has 1 aromatic carbocycles. The average molecular weight is 417 g/mol. The fourth-order valence-electron chi connectivity index (χ4n) is 3.68. The van der Waals surface area contributed by atoms with Crippen molar-refractivity contribution in [3.05, 3.63) is 29.3 Å². The number of imide groups is 1. The van der Waals surface area contributed by atoms with Gasteiger partial charge in [0.1, 0.15) is 18.1 Å². The van der Waals surface area contributed by atoms with E-state index >= 15 is 0 Å². The summed E-state index contributed by atoms with van der Waals surface area (Å²) in [6, 6.07) is 3.80. The molecule has 30 heavy (non-hydrogen) atoms. The standard InChI is InChI=1S/C22H27NO7/c1-2-28-10-11-29-12-13-30-16-7-8-17-18(14-16)22(27)23(21(17)26)19-9-6-15(24)4-3-5-20(19)25/h7-8,14,19H,2-6,9-13H2,1H3. The molecule has 1 atom stereocenters. The summed E-state index contributed by atoms with van der Waals surface area (Å²) in [7, 11) is 0. The van der Waals surface area contributed by atoms with Gasteiger partial charge in [0.05, 0.1) is 37.0 Å². The van der Waals surface area contributed by atoms with Crippen molar-refractivity contribution in [2.45, 2.75) is 45.1 Å². The third kappa shape index (κ3) is 5.12. The van der Waals surface area contributed by atoms with Crippen LogP contribution in [0, 0.1) is 0 Å². The maximum absolute atomic E-state index is 12.9. The Morgan fingerprint density at radius 3 is 2.43 bits per heavy atom. The zero-order chi connectivity index (χ0) is 21.5. The van der Waals surface area contributed by atoms with E-state index in [-0.39, 0.29) is 42.0 Å². The molecule has 0 spiro atoms. The van der Waals surface area contributed by atoms with Crippen molar-refractivity contribution < 1.29 is 33.4 Å². The molecule has 3 rings (SSSR count). The SMILES string of the molecule is CCOCCOCCOc1ccc2c(c1)C(=O)N(C1CCC(=O)CCCC1=O)C2=O. The molecule has 0 aromatic heterocycles. The summed E-state index contributed by atoms with van der Waals surface area (Å²) >= 11 is 0. The predicted molar refractivity (Wildman–Crippen MR) is 107 cm³/mol. The Morgan fingerprint density at radius 1 is 0.900 bits per heavy atom. The molecule has 0 radical (unpaired) electrons. The molecule has 162 valence electrons. The maximum atomic E-state index is 12.9. The molecular weight excluding hydrogens is 390 g/mol. The number of ketones is 2. The fourth-order valence-corrected chi connectivity index (χ4v) is 3.68. The zero-order valence-corrected chi connectivity index (χ0v) is 17.2. The van der Waals surface area contributed by atoms with Gasteiger partial charge in [0.2, 0.25) is 0 Å². The van der Waals surface area contributed by atoms with Gasteiger partial charge in [-0.15, -0.1) is 0 Å². The van der Waals surface area contributed by atoms with Gasteiger partial charge in [-0.2, -0.15) is 0 Å². The van der Waals surface area contributed by atoms with E-state index in [2.05, 4.69) is 0 Å². The van der Waals surface area contributed by atoms with Crippen LogP contribution in [0.2, 0.25) is 0 Å². The second-order valence-corrected chi connectivity index (χ2v) is 7.26. The lowest BCUT2D eigenvalue weighted by molar-refractivity contribution is -0.125. The minimum absolute atomic E-state index is 0.0586. The van der Waals surface area contributed by atoms with Gasteiger partial charge in [-0.1, -0.05) is 0 Å². The Bertz CT molecular complexity index is 820. The second-order valence-electron chi connectivity index (χ2n) is 7.26. The van der Waals surface area contributed by atoms with Crippen LogP contribution in [0.3, 0.4) is 0 Å². The minimum Gasteiger partial charge on any atom is -0.491 e. The van der Waals surface area contributed by atoms with Gasteiger partial charge in [-0.25, -0.2) is 0 Å². The van der Waals surface area contributed by atoms with Crippen LogP contribution in [-0.4, -0.2) is 67.4 Å². The van der Waals surface area contributed by atoms with Gasteiger partial charge in [-0.05, 0) is 38.0 Å². The number of rotatable bonds is 9. The molecule has 0 saturated heterocycles. The first-order valence-corrected chi connectivity index (χ1v) is 10.4. The van der Waals surface area contributed by atoms with E-state index in [9.17, 15) is 19.2 Å². The van der Waals surface area contributed by atoms with E-state index in [0.29, 0.717) is 51.6 Å². The van der Waals surface area contributed by atoms with E-state index in [0.717, 1.165) is 4.90 Å². The predicted octanol–water partition coefficient (Wildman–Crippen LogP) is 2.19. The Balaban J connectivity index is 1.63. The van der Waals surface area contributed by atoms with Crippen LogP contribution in [0.1, 0.15) is 59.7 Å². The lowest BCUT2D eigenvalue weighted by Gasteiger charge is -2.26. The summed E-state index contributed by atoms with van der Waals surface area (Å²) in [5.41, 5.74) is 0.470. The number of carbonyl (C=O) groups is 4. The van der Waals surface area contributed by atoms with Crippen molar-refractivity contribution in [1.29, 1.82) is 0 Å². The van der Waals surface area contributed by atoms with Crippen molar-refractivity contribution in [3.63, 3.8) is 0 Å². The maximum Gasteiger partial charge on any atom is 0.262 e. The molecule has 1 saturated carbocycles. The topological polar surface area (TPSA) is 99.2 Å². The molecule has 1 aromatic rings. The molecule has 2 amide bonds. The van der Waals surface area contributed by atoms with Gasteiger partial charge < -0.3 is 14.2 Å². The molecule has 8 nitrogen and oxygen atoms in total. The Labute approximate surface area is 175 Å². The molecule has 0 bridgehead atoms. The number of benzene rings is 1. The quantitative estimate of drug-likeness (QED) is 0.448. The van der Waals surface area contributed by atoms with Gasteiger partial charge in [-0.3, -0.25) is 24.1 Å². The van der Waals surface area contributed by atoms with Gasteiger partial charge in [0.25, 0.3) is 11.8 Å².